The van der Waals surface area contributed by atoms with E-state index in [1.165, 1.54) is 11.3 Å². The molecule has 1 aromatic carbocycles. The van der Waals surface area contributed by atoms with Crippen molar-refractivity contribution in [3.05, 3.63) is 56.2 Å². The fourth-order valence-electron chi connectivity index (χ4n) is 2.01. The van der Waals surface area contributed by atoms with Crippen LogP contribution in [0.5, 0.6) is 0 Å². The van der Waals surface area contributed by atoms with Gasteiger partial charge in [0.15, 0.2) is 0 Å². The SMILES string of the molecule is O=C(NNC(=O)C1CC(c2ccc(Cl)s2)=NO1)c1ccc(Cl)cc1. The molecule has 2 heterocycles. The lowest BCUT2D eigenvalue weighted by Gasteiger charge is -2.10. The monoisotopic (exact) mass is 383 g/mol. The van der Waals surface area contributed by atoms with Crippen LogP contribution in [0, 0.1) is 0 Å². The average molecular weight is 384 g/mol. The number of halogens is 2. The third kappa shape index (κ3) is 3.87. The van der Waals surface area contributed by atoms with Crippen molar-refractivity contribution < 1.29 is 14.4 Å². The Morgan fingerprint density at radius 3 is 2.54 bits per heavy atom. The highest BCUT2D eigenvalue weighted by molar-refractivity contribution is 7.18. The molecular weight excluding hydrogens is 373 g/mol. The number of amides is 2. The van der Waals surface area contributed by atoms with E-state index in [1.807, 2.05) is 6.07 Å². The summed E-state index contributed by atoms with van der Waals surface area (Å²) < 4.78 is 0.635. The summed E-state index contributed by atoms with van der Waals surface area (Å²) >= 11 is 13.0. The molecule has 124 valence electrons. The van der Waals surface area contributed by atoms with Gasteiger partial charge < -0.3 is 4.84 Å². The minimum absolute atomic E-state index is 0.305. The summed E-state index contributed by atoms with van der Waals surface area (Å²) in [4.78, 5) is 29.9. The van der Waals surface area contributed by atoms with Gasteiger partial charge in [-0.25, -0.2) is 0 Å². The lowest BCUT2D eigenvalue weighted by molar-refractivity contribution is -0.131. The van der Waals surface area contributed by atoms with Crippen LogP contribution in [-0.2, 0) is 9.63 Å². The molecule has 1 aliphatic rings. The zero-order chi connectivity index (χ0) is 17.1. The van der Waals surface area contributed by atoms with E-state index < -0.39 is 17.9 Å². The van der Waals surface area contributed by atoms with Gasteiger partial charge in [0.05, 0.1) is 9.21 Å². The Balaban J connectivity index is 1.51. The number of benzene rings is 1. The van der Waals surface area contributed by atoms with Gasteiger partial charge in [0.25, 0.3) is 11.8 Å². The van der Waals surface area contributed by atoms with Crippen LogP contribution in [0.25, 0.3) is 0 Å². The van der Waals surface area contributed by atoms with E-state index in [1.54, 1.807) is 30.3 Å². The first-order valence-electron chi connectivity index (χ1n) is 6.87. The number of hydrogen-bond acceptors (Lipinski definition) is 5. The maximum Gasteiger partial charge on any atom is 0.282 e. The Hall–Kier alpha value is -2.09. The largest absolute Gasteiger partial charge is 0.382 e. The molecule has 1 aliphatic heterocycles. The molecule has 9 heteroatoms. The molecule has 2 aromatic rings. The van der Waals surface area contributed by atoms with Gasteiger partial charge in [-0.3, -0.25) is 20.4 Å². The molecule has 0 aliphatic carbocycles. The van der Waals surface area contributed by atoms with Crippen molar-refractivity contribution in [1.29, 1.82) is 0 Å². The van der Waals surface area contributed by atoms with Crippen molar-refractivity contribution in [3.63, 3.8) is 0 Å². The topological polar surface area (TPSA) is 79.8 Å². The van der Waals surface area contributed by atoms with Crippen LogP contribution in [0.3, 0.4) is 0 Å². The second kappa shape index (κ2) is 7.21. The number of rotatable bonds is 3. The standard InChI is InChI=1S/C15H11Cl2N3O3S/c16-9-3-1-8(2-4-9)14(21)18-19-15(22)11-7-10(20-23-11)12-5-6-13(17)24-12/h1-6,11H,7H2,(H,18,21)(H,19,22). The first-order chi connectivity index (χ1) is 11.5. The fourth-order valence-corrected chi connectivity index (χ4v) is 3.16. The Morgan fingerprint density at radius 1 is 1.12 bits per heavy atom. The van der Waals surface area contributed by atoms with Crippen molar-refractivity contribution in [3.8, 4) is 0 Å². The zero-order valence-corrected chi connectivity index (χ0v) is 14.4. The van der Waals surface area contributed by atoms with Gasteiger partial charge in [0, 0.05) is 17.0 Å². The van der Waals surface area contributed by atoms with E-state index in [-0.39, 0.29) is 0 Å². The fraction of sp³-hybridized carbons (Fsp3) is 0.133. The van der Waals surface area contributed by atoms with E-state index in [2.05, 4.69) is 16.0 Å². The number of carbonyl (C=O) groups is 2. The maximum atomic E-state index is 12.0. The molecule has 0 radical (unpaired) electrons. The maximum absolute atomic E-state index is 12.0. The van der Waals surface area contributed by atoms with Crippen LogP contribution in [0.1, 0.15) is 21.7 Å². The molecule has 24 heavy (non-hydrogen) atoms. The van der Waals surface area contributed by atoms with E-state index in [4.69, 9.17) is 28.0 Å². The average Bonchev–Trinajstić information content (AvgIpc) is 3.22. The number of oxime groups is 1. The summed E-state index contributed by atoms with van der Waals surface area (Å²) in [5.41, 5.74) is 5.67. The molecular formula is C15H11Cl2N3O3S. The van der Waals surface area contributed by atoms with Gasteiger partial charge in [0.2, 0.25) is 6.10 Å². The molecule has 2 N–H and O–H groups in total. The molecule has 0 fully saturated rings. The minimum Gasteiger partial charge on any atom is -0.382 e. The highest BCUT2D eigenvalue weighted by Crippen LogP contribution is 2.26. The number of hydrogen-bond donors (Lipinski definition) is 2. The molecule has 1 aromatic heterocycles. The van der Waals surface area contributed by atoms with Crippen LogP contribution >= 0.6 is 34.5 Å². The smallest absolute Gasteiger partial charge is 0.282 e. The van der Waals surface area contributed by atoms with Gasteiger partial charge in [0.1, 0.15) is 5.71 Å². The van der Waals surface area contributed by atoms with E-state index >= 15 is 0 Å². The van der Waals surface area contributed by atoms with Gasteiger partial charge in [-0.05, 0) is 36.4 Å². The molecule has 0 spiro atoms. The summed E-state index contributed by atoms with van der Waals surface area (Å²) in [6.45, 7) is 0. The molecule has 0 saturated heterocycles. The van der Waals surface area contributed by atoms with Crippen molar-refractivity contribution in [2.45, 2.75) is 12.5 Å². The van der Waals surface area contributed by atoms with Gasteiger partial charge >= 0.3 is 0 Å². The molecule has 1 atom stereocenters. The second-order valence-electron chi connectivity index (χ2n) is 4.89. The van der Waals surface area contributed by atoms with Crippen LogP contribution in [0.2, 0.25) is 9.36 Å². The molecule has 0 saturated carbocycles. The van der Waals surface area contributed by atoms with Gasteiger partial charge in [-0.15, -0.1) is 11.3 Å². The number of hydrazine groups is 1. The predicted octanol–water partition coefficient (Wildman–Crippen LogP) is 3.01. The number of thiophene rings is 1. The van der Waals surface area contributed by atoms with Crippen molar-refractivity contribution >= 4 is 52.1 Å². The van der Waals surface area contributed by atoms with Crippen LogP contribution in [0.15, 0.2) is 41.6 Å². The summed E-state index contributed by atoms with van der Waals surface area (Å²) in [6.07, 6.45) is -0.495. The third-order valence-corrected chi connectivity index (χ3v) is 4.76. The highest BCUT2D eigenvalue weighted by Gasteiger charge is 2.29. The van der Waals surface area contributed by atoms with E-state index in [9.17, 15) is 9.59 Å². The van der Waals surface area contributed by atoms with E-state index in [0.29, 0.717) is 27.1 Å². The van der Waals surface area contributed by atoms with Crippen molar-refractivity contribution in [2.24, 2.45) is 5.16 Å². The quantitative estimate of drug-likeness (QED) is 0.799. The molecule has 2 amide bonds. The third-order valence-electron chi connectivity index (χ3n) is 3.22. The zero-order valence-electron chi connectivity index (χ0n) is 12.1. The Morgan fingerprint density at radius 2 is 1.88 bits per heavy atom. The molecule has 3 rings (SSSR count). The molecule has 6 nitrogen and oxygen atoms in total. The molecule has 1 unspecified atom stereocenters. The van der Waals surface area contributed by atoms with Crippen LogP contribution in [0.4, 0.5) is 0 Å². The molecule has 0 bridgehead atoms. The van der Waals surface area contributed by atoms with Crippen molar-refractivity contribution in [2.75, 3.05) is 0 Å². The first kappa shape index (κ1) is 16.8. The van der Waals surface area contributed by atoms with Crippen molar-refractivity contribution in [1.82, 2.24) is 10.9 Å². The Bertz CT molecular complexity index is 805. The van der Waals surface area contributed by atoms with Gasteiger partial charge in [-0.1, -0.05) is 28.4 Å². The Kier molecular flexibility index (Phi) is 5.03. The number of carbonyl (C=O) groups excluding carboxylic acids is 2. The minimum atomic E-state index is -0.800. The summed E-state index contributed by atoms with van der Waals surface area (Å²) in [7, 11) is 0. The normalized spacial score (nSPS) is 16.2. The Labute approximate surface area is 151 Å². The van der Waals surface area contributed by atoms with Gasteiger partial charge in [-0.2, -0.15) is 0 Å². The predicted molar refractivity (Wildman–Crippen MR) is 92.4 cm³/mol. The summed E-state index contributed by atoms with van der Waals surface area (Å²) in [6, 6.07) is 9.85. The lowest BCUT2D eigenvalue weighted by atomic mass is 10.1. The van der Waals surface area contributed by atoms with E-state index in [0.717, 1.165) is 4.88 Å². The number of nitrogens with one attached hydrogen (secondary N) is 2. The summed E-state index contributed by atoms with van der Waals surface area (Å²) in [5, 5.41) is 4.42. The van der Waals surface area contributed by atoms with Crippen LogP contribution < -0.4 is 10.9 Å². The number of nitrogens with zero attached hydrogens (tertiary/aromatic N) is 1. The first-order valence-corrected chi connectivity index (χ1v) is 8.44. The summed E-state index contributed by atoms with van der Waals surface area (Å²) in [5.74, 6) is -0.942. The van der Waals surface area contributed by atoms with Crippen LogP contribution in [-0.4, -0.2) is 23.6 Å². The highest BCUT2D eigenvalue weighted by atomic mass is 35.5. The second-order valence-corrected chi connectivity index (χ2v) is 7.04. The lowest BCUT2D eigenvalue weighted by Crippen LogP contribution is -2.46.